The smallest absolute Gasteiger partial charge is 0.326 e. The zero-order chi connectivity index (χ0) is 13.8. The highest BCUT2D eigenvalue weighted by Gasteiger charge is 2.35. The number of aromatic nitrogens is 2. The van der Waals surface area contributed by atoms with E-state index >= 15 is 0 Å². The van der Waals surface area contributed by atoms with Gasteiger partial charge in [-0.2, -0.15) is 4.98 Å². The second-order valence-corrected chi connectivity index (χ2v) is 4.72. The van der Waals surface area contributed by atoms with E-state index in [4.69, 9.17) is 4.74 Å². The Morgan fingerprint density at radius 1 is 1.63 bits per heavy atom. The lowest BCUT2D eigenvalue weighted by Gasteiger charge is -2.37. The van der Waals surface area contributed by atoms with Crippen molar-refractivity contribution in [3.63, 3.8) is 0 Å². The normalized spacial score (nSPS) is 23.2. The van der Waals surface area contributed by atoms with Crippen LogP contribution in [0.5, 0.6) is 5.88 Å². The van der Waals surface area contributed by atoms with E-state index in [2.05, 4.69) is 9.97 Å². The quantitative estimate of drug-likeness (QED) is 0.890. The van der Waals surface area contributed by atoms with Crippen LogP contribution in [0.25, 0.3) is 0 Å². The van der Waals surface area contributed by atoms with Crippen LogP contribution in [0.4, 0.5) is 5.95 Å². The Labute approximate surface area is 112 Å². The number of nitrogens with zero attached hydrogens (tertiary/aromatic N) is 3. The van der Waals surface area contributed by atoms with E-state index in [9.17, 15) is 9.90 Å². The number of carbonyl (C=O) groups is 1. The summed E-state index contributed by atoms with van der Waals surface area (Å²) < 4.78 is 5.33. The lowest BCUT2D eigenvalue weighted by atomic mass is 9.91. The molecule has 19 heavy (non-hydrogen) atoms. The molecule has 2 heterocycles. The van der Waals surface area contributed by atoms with Crippen LogP contribution in [-0.2, 0) is 4.79 Å². The van der Waals surface area contributed by atoms with E-state index in [0.29, 0.717) is 25.0 Å². The summed E-state index contributed by atoms with van der Waals surface area (Å²) in [5.74, 6) is 0.183. The minimum Gasteiger partial charge on any atom is -0.480 e. The highest BCUT2D eigenvalue weighted by atomic mass is 16.5. The largest absolute Gasteiger partial charge is 0.480 e. The molecule has 1 fully saturated rings. The number of hydrogen-bond donors (Lipinski definition) is 1. The number of piperidine rings is 1. The lowest BCUT2D eigenvalue weighted by Crippen LogP contribution is -2.50. The van der Waals surface area contributed by atoms with Crippen molar-refractivity contribution in [3.8, 4) is 5.88 Å². The number of ether oxygens (including phenoxy) is 1. The molecule has 1 saturated heterocycles. The van der Waals surface area contributed by atoms with Gasteiger partial charge in [-0.25, -0.2) is 9.78 Å². The van der Waals surface area contributed by atoms with Gasteiger partial charge in [0.05, 0.1) is 6.61 Å². The number of carboxylic acid groups (broad SMARTS) is 1. The van der Waals surface area contributed by atoms with Crippen LogP contribution < -0.4 is 9.64 Å². The second kappa shape index (κ2) is 5.86. The van der Waals surface area contributed by atoms with E-state index in [1.54, 1.807) is 17.2 Å². The van der Waals surface area contributed by atoms with Crippen LogP contribution in [0.3, 0.4) is 0 Å². The molecule has 0 saturated carbocycles. The SMILES string of the molecule is CCOc1ccnc(N2CCCC(C)C2C(=O)O)n1. The van der Waals surface area contributed by atoms with E-state index in [1.807, 2.05) is 13.8 Å². The Kier molecular flexibility index (Phi) is 4.19. The zero-order valence-electron chi connectivity index (χ0n) is 11.2. The van der Waals surface area contributed by atoms with Crippen molar-refractivity contribution in [2.45, 2.75) is 32.7 Å². The maximum Gasteiger partial charge on any atom is 0.326 e. The van der Waals surface area contributed by atoms with E-state index in [1.165, 1.54) is 0 Å². The Hall–Kier alpha value is -1.85. The van der Waals surface area contributed by atoms with Crippen molar-refractivity contribution in [1.29, 1.82) is 0 Å². The summed E-state index contributed by atoms with van der Waals surface area (Å²) >= 11 is 0. The maximum atomic E-state index is 11.4. The fraction of sp³-hybridized carbons (Fsp3) is 0.615. The molecule has 2 unspecified atom stereocenters. The molecule has 0 spiro atoms. The van der Waals surface area contributed by atoms with E-state index in [0.717, 1.165) is 12.8 Å². The van der Waals surface area contributed by atoms with Crippen LogP contribution in [0.2, 0.25) is 0 Å². The summed E-state index contributed by atoms with van der Waals surface area (Å²) in [5.41, 5.74) is 0. The summed E-state index contributed by atoms with van der Waals surface area (Å²) in [6, 6.07) is 1.11. The van der Waals surface area contributed by atoms with Crippen LogP contribution in [0.15, 0.2) is 12.3 Å². The van der Waals surface area contributed by atoms with Gasteiger partial charge < -0.3 is 14.7 Å². The molecule has 0 bridgehead atoms. The summed E-state index contributed by atoms with van der Waals surface area (Å²) in [5, 5.41) is 9.38. The van der Waals surface area contributed by atoms with Gasteiger partial charge in [0.1, 0.15) is 6.04 Å². The van der Waals surface area contributed by atoms with Crippen LogP contribution in [0, 0.1) is 5.92 Å². The highest BCUT2D eigenvalue weighted by molar-refractivity contribution is 5.78. The van der Waals surface area contributed by atoms with Crippen molar-refractivity contribution >= 4 is 11.9 Å². The predicted molar refractivity (Wildman–Crippen MR) is 70.4 cm³/mol. The predicted octanol–water partition coefficient (Wildman–Crippen LogP) is 1.56. The van der Waals surface area contributed by atoms with Gasteiger partial charge in [0, 0.05) is 18.8 Å². The van der Waals surface area contributed by atoms with Gasteiger partial charge in [-0.1, -0.05) is 6.92 Å². The van der Waals surface area contributed by atoms with Gasteiger partial charge in [0.25, 0.3) is 0 Å². The van der Waals surface area contributed by atoms with Gasteiger partial charge in [-0.05, 0) is 25.7 Å². The van der Waals surface area contributed by atoms with E-state index < -0.39 is 12.0 Å². The molecule has 6 nitrogen and oxygen atoms in total. The van der Waals surface area contributed by atoms with Gasteiger partial charge >= 0.3 is 5.97 Å². The maximum absolute atomic E-state index is 11.4. The first kappa shape index (κ1) is 13.6. The molecule has 2 rings (SSSR count). The topological polar surface area (TPSA) is 75.5 Å². The van der Waals surface area contributed by atoms with Crippen molar-refractivity contribution in [3.05, 3.63) is 12.3 Å². The average Bonchev–Trinajstić information content (AvgIpc) is 2.38. The van der Waals surface area contributed by atoms with Crippen molar-refractivity contribution < 1.29 is 14.6 Å². The fourth-order valence-electron chi connectivity index (χ4n) is 2.49. The van der Waals surface area contributed by atoms with Gasteiger partial charge in [-0.3, -0.25) is 0 Å². The average molecular weight is 265 g/mol. The molecule has 1 aromatic rings. The van der Waals surface area contributed by atoms with Crippen LogP contribution in [0.1, 0.15) is 26.7 Å². The van der Waals surface area contributed by atoms with E-state index in [-0.39, 0.29) is 5.92 Å². The molecule has 6 heteroatoms. The molecular weight excluding hydrogens is 246 g/mol. The first-order valence-corrected chi connectivity index (χ1v) is 6.58. The van der Waals surface area contributed by atoms with Gasteiger partial charge in [-0.15, -0.1) is 0 Å². The summed E-state index contributed by atoms with van der Waals surface area (Å²) in [4.78, 5) is 21.7. The molecule has 1 aliphatic rings. The van der Waals surface area contributed by atoms with Crippen molar-refractivity contribution in [2.75, 3.05) is 18.1 Å². The minimum absolute atomic E-state index is 0.0885. The zero-order valence-corrected chi connectivity index (χ0v) is 11.2. The Morgan fingerprint density at radius 3 is 3.11 bits per heavy atom. The highest BCUT2D eigenvalue weighted by Crippen LogP contribution is 2.27. The number of rotatable bonds is 4. The molecule has 0 aromatic carbocycles. The molecule has 0 amide bonds. The molecule has 1 aromatic heterocycles. The molecule has 1 N–H and O–H groups in total. The molecule has 0 radical (unpaired) electrons. The number of hydrogen-bond acceptors (Lipinski definition) is 5. The Bertz CT molecular complexity index is 453. The number of anilines is 1. The molecule has 0 aliphatic carbocycles. The summed E-state index contributed by atoms with van der Waals surface area (Å²) in [6.45, 7) is 5.02. The third-order valence-corrected chi connectivity index (χ3v) is 3.35. The summed E-state index contributed by atoms with van der Waals surface area (Å²) in [6.07, 6.45) is 3.47. The first-order valence-electron chi connectivity index (χ1n) is 6.58. The number of aliphatic carboxylic acids is 1. The van der Waals surface area contributed by atoms with Crippen LogP contribution >= 0.6 is 0 Å². The summed E-state index contributed by atoms with van der Waals surface area (Å²) in [7, 11) is 0. The Morgan fingerprint density at radius 2 is 2.42 bits per heavy atom. The molecule has 1 aliphatic heterocycles. The first-order chi connectivity index (χ1) is 9.13. The molecular formula is C13H19N3O3. The van der Waals surface area contributed by atoms with Crippen molar-refractivity contribution in [1.82, 2.24) is 9.97 Å². The minimum atomic E-state index is -0.822. The monoisotopic (exact) mass is 265 g/mol. The molecule has 2 atom stereocenters. The Balaban J connectivity index is 2.27. The fourth-order valence-corrected chi connectivity index (χ4v) is 2.49. The third kappa shape index (κ3) is 2.94. The third-order valence-electron chi connectivity index (χ3n) is 3.35. The molecule has 104 valence electrons. The van der Waals surface area contributed by atoms with Gasteiger partial charge in [0.2, 0.25) is 11.8 Å². The second-order valence-electron chi connectivity index (χ2n) is 4.72. The lowest BCUT2D eigenvalue weighted by molar-refractivity contribution is -0.140. The standard InChI is InChI=1S/C13H19N3O3/c1-3-19-10-6-7-14-13(15-10)16-8-4-5-9(2)11(16)12(17)18/h6-7,9,11H,3-5,8H2,1-2H3,(H,17,18). The number of carboxylic acids is 1. The van der Waals surface area contributed by atoms with Gasteiger partial charge in [0.15, 0.2) is 0 Å². The van der Waals surface area contributed by atoms with Crippen molar-refractivity contribution in [2.24, 2.45) is 5.92 Å². The van der Waals surface area contributed by atoms with Crippen LogP contribution in [-0.4, -0.2) is 40.2 Å².